The summed E-state index contributed by atoms with van der Waals surface area (Å²) in [6.07, 6.45) is 9.25. The molecule has 1 aliphatic carbocycles. The third-order valence-corrected chi connectivity index (χ3v) is 8.43. The molecule has 1 saturated heterocycles. The van der Waals surface area contributed by atoms with E-state index in [-0.39, 0.29) is 11.9 Å². The number of carbonyl (C=O) groups is 1. The zero-order valence-electron chi connectivity index (χ0n) is 23.4. The van der Waals surface area contributed by atoms with Crippen LogP contribution in [0.3, 0.4) is 0 Å². The number of aromatic nitrogens is 1. The summed E-state index contributed by atoms with van der Waals surface area (Å²) >= 11 is 0. The van der Waals surface area contributed by atoms with Gasteiger partial charge in [0.15, 0.2) is 0 Å². The van der Waals surface area contributed by atoms with Crippen LogP contribution in [0.25, 0.3) is 6.08 Å². The minimum atomic E-state index is -4.38. The molecule has 1 amide bonds. The van der Waals surface area contributed by atoms with Gasteiger partial charge in [0.1, 0.15) is 0 Å². The molecule has 8 heteroatoms. The van der Waals surface area contributed by atoms with Gasteiger partial charge in [-0.2, -0.15) is 13.2 Å². The van der Waals surface area contributed by atoms with Gasteiger partial charge in [0, 0.05) is 56.7 Å². The van der Waals surface area contributed by atoms with Gasteiger partial charge in [-0.3, -0.25) is 9.78 Å². The van der Waals surface area contributed by atoms with Crippen molar-refractivity contribution in [2.45, 2.75) is 63.3 Å². The first-order valence-electron chi connectivity index (χ1n) is 14.4. The van der Waals surface area contributed by atoms with Crippen LogP contribution in [0.5, 0.6) is 0 Å². The molecular formula is C33H37F3N4O. The number of alkyl halides is 3. The van der Waals surface area contributed by atoms with Crippen molar-refractivity contribution in [3.8, 4) is 0 Å². The SMILES string of the molecule is CN(c1ccc(CN(C(=O)/C=C/c2ccc(C(F)(F)F)cc2)C2CCN(C3CCCC3)CC2)cc1)c1cccnc1. The van der Waals surface area contributed by atoms with E-state index in [4.69, 9.17) is 0 Å². The predicted molar refractivity (Wildman–Crippen MR) is 157 cm³/mol. The lowest BCUT2D eigenvalue weighted by Gasteiger charge is -2.40. The number of hydrogen-bond acceptors (Lipinski definition) is 4. The van der Waals surface area contributed by atoms with Gasteiger partial charge < -0.3 is 14.7 Å². The second-order valence-electron chi connectivity index (χ2n) is 11.1. The third-order valence-electron chi connectivity index (χ3n) is 8.43. The van der Waals surface area contributed by atoms with Crippen LogP contribution < -0.4 is 4.90 Å². The third kappa shape index (κ3) is 7.36. The highest BCUT2D eigenvalue weighted by Gasteiger charge is 2.32. The van der Waals surface area contributed by atoms with Gasteiger partial charge in [-0.25, -0.2) is 0 Å². The molecule has 0 unspecified atom stereocenters. The van der Waals surface area contributed by atoms with E-state index in [1.54, 1.807) is 12.3 Å². The number of halogens is 3. The van der Waals surface area contributed by atoms with Crippen molar-refractivity contribution in [3.63, 3.8) is 0 Å². The Bertz CT molecular complexity index is 1300. The molecule has 0 atom stereocenters. The van der Waals surface area contributed by atoms with E-state index >= 15 is 0 Å². The lowest BCUT2D eigenvalue weighted by atomic mass is 9.99. The monoisotopic (exact) mass is 562 g/mol. The fourth-order valence-corrected chi connectivity index (χ4v) is 5.99. The van der Waals surface area contributed by atoms with E-state index in [2.05, 4.69) is 26.9 Å². The van der Waals surface area contributed by atoms with Gasteiger partial charge in [0.2, 0.25) is 5.91 Å². The van der Waals surface area contributed by atoms with Crippen molar-refractivity contribution in [3.05, 3.63) is 95.8 Å². The first kappa shape index (κ1) is 28.9. The van der Waals surface area contributed by atoms with Gasteiger partial charge in [0.05, 0.1) is 17.4 Å². The Morgan fingerprint density at radius 3 is 2.24 bits per heavy atom. The van der Waals surface area contributed by atoms with Gasteiger partial charge in [-0.15, -0.1) is 0 Å². The molecule has 3 aromatic rings. The number of piperidine rings is 1. The average molecular weight is 563 g/mol. The number of nitrogens with zero attached hydrogens (tertiary/aromatic N) is 4. The summed E-state index contributed by atoms with van der Waals surface area (Å²) in [5.41, 5.74) is 2.90. The molecule has 0 spiro atoms. The Morgan fingerprint density at radius 1 is 0.951 bits per heavy atom. The molecule has 0 radical (unpaired) electrons. The molecular weight excluding hydrogens is 525 g/mol. The molecule has 216 valence electrons. The van der Waals surface area contributed by atoms with Crippen LogP contribution in [0, 0.1) is 0 Å². The van der Waals surface area contributed by atoms with E-state index in [1.165, 1.54) is 43.9 Å². The van der Waals surface area contributed by atoms with E-state index in [1.807, 2.05) is 42.4 Å². The summed E-state index contributed by atoms with van der Waals surface area (Å²) in [5.74, 6) is -0.124. The van der Waals surface area contributed by atoms with Gasteiger partial charge in [0.25, 0.3) is 0 Å². The summed E-state index contributed by atoms with van der Waals surface area (Å²) < 4.78 is 38.8. The standard InChI is InChI=1S/C33H37F3N4O/c1-38(31-7-4-20-37-23-31)28-15-10-26(11-16-28)24-40(30-18-21-39(22-19-30)29-5-2-3-6-29)32(41)17-12-25-8-13-27(14-9-25)33(34,35)36/h4,7-17,20,23,29-30H,2-3,5-6,18-19,21-22,24H2,1H3/b17-12+. The van der Waals surface area contributed by atoms with Crippen molar-refractivity contribution in [2.24, 2.45) is 0 Å². The maximum atomic E-state index is 13.6. The summed E-state index contributed by atoms with van der Waals surface area (Å²) in [6.45, 7) is 2.44. The minimum Gasteiger partial charge on any atom is -0.343 e. The molecule has 0 N–H and O–H groups in total. The van der Waals surface area contributed by atoms with Crippen LogP contribution in [0.15, 0.2) is 79.1 Å². The highest BCUT2D eigenvalue weighted by atomic mass is 19.4. The fraction of sp³-hybridized carbons (Fsp3) is 0.394. The van der Waals surface area contributed by atoms with Crippen molar-refractivity contribution < 1.29 is 18.0 Å². The summed E-state index contributed by atoms with van der Waals surface area (Å²) in [5, 5.41) is 0. The van der Waals surface area contributed by atoms with Crippen molar-refractivity contribution >= 4 is 23.4 Å². The normalized spacial score (nSPS) is 17.3. The number of hydrogen-bond donors (Lipinski definition) is 0. The Hall–Kier alpha value is -3.65. The average Bonchev–Trinajstić information content (AvgIpc) is 3.54. The number of pyridine rings is 1. The molecule has 2 aromatic carbocycles. The van der Waals surface area contributed by atoms with Crippen LogP contribution in [0.2, 0.25) is 0 Å². The Balaban J connectivity index is 1.30. The van der Waals surface area contributed by atoms with E-state index in [0.29, 0.717) is 18.2 Å². The van der Waals surface area contributed by atoms with Crippen molar-refractivity contribution in [1.82, 2.24) is 14.8 Å². The van der Waals surface area contributed by atoms with Crippen LogP contribution in [0.1, 0.15) is 55.2 Å². The maximum Gasteiger partial charge on any atom is 0.416 e. The smallest absolute Gasteiger partial charge is 0.343 e. The minimum absolute atomic E-state index is 0.107. The van der Waals surface area contributed by atoms with Crippen LogP contribution >= 0.6 is 0 Å². The first-order chi connectivity index (χ1) is 19.8. The van der Waals surface area contributed by atoms with Crippen LogP contribution in [-0.2, 0) is 17.5 Å². The van der Waals surface area contributed by atoms with Crippen molar-refractivity contribution in [1.29, 1.82) is 0 Å². The number of amides is 1. The zero-order chi connectivity index (χ0) is 28.8. The number of benzene rings is 2. The highest BCUT2D eigenvalue weighted by molar-refractivity contribution is 5.92. The second kappa shape index (κ2) is 12.9. The number of likely N-dealkylation sites (tertiary alicyclic amines) is 1. The molecule has 5 nitrogen and oxygen atoms in total. The molecule has 41 heavy (non-hydrogen) atoms. The lowest BCUT2D eigenvalue weighted by Crippen LogP contribution is -2.48. The topological polar surface area (TPSA) is 39.7 Å². The zero-order valence-corrected chi connectivity index (χ0v) is 23.4. The number of anilines is 2. The molecule has 0 bridgehead atoms. The summed E-state index contributed by atoms with van der Waals surface area (Å²) in [4.78, 5) is 24.4. The second-order valence-corrected chi connectivity index (χ2v) is 11.1. The summed E-state index contributed by atoms with van der Waals surface area (Å²) in [7, 11) is 1.99. The molecule has 5 rings (SSSR count). The molecule has 2 fully saturated rings. The van der Waals surface area contributed by atoms with Gasteiger partial charge in [-0.05, 0) is 79.3 Å². The van der Waals surface area contributed by atoms with E-state index < -0.39 is 11.7 Å². The van der Waals surface area contributed by atoms with Gasteiger partial charge in [-0.1, -0.05) is 37.1 Å². The maximum absolute atomic E-state index is 13.6. The quantitative estimate of drug-likeness (QED) is 0.270. The predicted octanol–water partition coefficient (Wildman–Crippen LogP) is 7.32. The number of carbonyl (C=O) groups excluding carboxylic acids is 1. The largest absolute Gasteiger partial charge is 0.416 e. The van der Waals surface area contributed by atoms with Crippen molar-refractivity contribution in [2.75, 3.05) is 25.0 Å². The van der Waals surface area contributed by atoms with E-state index in [9.17, 15) is 18.0 Å². The molecule has 1 aromatic heterocycles. The highest BCUT2D eigenvalue weighted by Crippen LogP contribution is 2.30. The Labute approximate surface area is 240 Å². The van der Waals surface area contributed by atoms with E-state index in [0.717, 1.165) is 55.0 Å². The van der Waals surface area contributed by atoms with Gasteiger partial charge >= 0.3 is 6.18 Å². The molecule has 2 heterocycles. The molecule has 2 aliphatic rings. The molecule has 1 saturated carbocycles. The summed E-state index contributed by atoms with van der Waals surface area (Å²) in [6, 6.07) is 17.8. The first-order valence-corrected chi connectivity index (χ1v) is 14.4. The van der Waals surface area contributed by atoms with Crippen LogP contribution in [0.4, 0.5) is 24.5 Å². The Morgan fingerprint density at radius 2 is 1.63 bits per heavy atom. The molecule has 1 aliphatic heterocycles. The lowest BCUT2D eigenvalue weighted by molar-refractivity contribution is -0.137. The van der Waals surface area contributed by atoms with Crippen LogP contribution in [-0.4, -0.2) is 52.9 Å². The Kier molecular flexibility index (Phi) is 9.08. The number of rotatable bonds is 8. The fourth-order valence-electron chi connectivity index (χ4n) is 5.99.